The molecule has 0 bridgehead atoms. The maximum Gasteiger partial charge on any atom is 0.319 e. The van der Waals surface area contributed by atoms with Crippen molar-refractivity contribution in [2.24, 2.45) is 0 Å². The minimum Gasteiger partial charge on any atom is -0.472 e. The van der Waals surface area contributed by atoms with Crippen molar-refractivity contribution in [3.63, 3.8) is 0 Å². The molecule has 0 saturated carbocycles. The van der Waals surface area contributed by atoms with Gasteiger partial charge in [-0.05, 0) is 75.0 Å². The number of carbonyl (C=O) groups excluding carboxylic acids is 1. The standard InChI is InChI=1S/C19H24F2N4O2S/c1-13-9-15(20)14(16(21)10-13)12-27-17-11-18(28-24-17)23-19(26)22-5-4-8-25-6-2-3-7-25/h9-11H,2-8,12H2,1H3,(H2,22,23,26). The molecule has 9 heteroatoms. The lowest BCUT2D eigenvalue weighted by Gasteiger charge is -2.14. The van der Waals surface area contributed by atoms with Gasteiger partial charge in [0.2, 0.25) is 5.88 Å². The first-order valence-electron chi connectivity index (χ1n) is 9.32. The molecule has 1 aromatic carbocycles. The predicted molar refractivity (Wildman–Crippen MR) is 105 cm³/mol. The molecule has 1 saturated heterocycles. The zero-order valence-corrected chi connectivity index (χ0v) is 16.6. The Balaban J connectivity index is 1.40. The maximum absolute atomic E-state index is 13.8. The summed E-state index contributed by atoms with van der Waals surface area (Å²) in [4.78, 5) is 14.3. The Kier molecular flexibility index (Phi) is 7.16. The van der Waals surface area contributed by atoms with Crippen LogP contribution in [0.4, 0.5) is 18.6 Å². The van der Waals surface area contributed by atoms with Gasteiger partial charge >= 0.3 is 6.03 Å². The van der Waals surface area contributed by atoms with E-state index in [0.717, 1.165) is 37.6 Å². The van der Waals surface area contributed by atoms with Crippen molar-refractivity contribution in [1.82, 2.24) is 14.6 Å². The summed E-state index contributed by atoms with van der Waals surface area (Å²) in [5.41, 5.74) is 0.356. The van der Waals surface area contributed by atoms with E-state index in [4.69, 9.17) is 4.74 Å². The topological polar surface area (TPSA) is 66.5 Å². The Bertz CT molecular complexity index is 786. The molecule has 0 unspecified atom stereocenters. The van der Waals surface area contributed by atoms with Gasteiger partial charge in [0.15, 0.2) is 0 Å². The van der Waals surface area contributed by atoms with Crippen LogP contribution in [0.2, 0.25) is 0 Å². The monoisotopic (exact) mass is 410 g/mol. The number of urea groups is 1. The van der Waals surface area contributed by atoms with Gasteiger partial charge in [-0.1, -0.05) is 0 Å². The number of aromatic nitrogens is 1. The largest absolute Gasteiger partial charge is 0.472 e. The van der Waals surface area contributed by atoms with Crippen LogP contribution in [0.3, 0.4) is 0 Å². The van der Waals surface area contributed by atoms with E-state index in [-0.39, 0.29) is 24.1 Å². The fourth-order valence-electron chi connectivity index (χ4n) is 3.07. The minimum absolute atomic E-state index is 0.149. The number of hydrogen-bond acceptors (Lipinski definition) is 5. The van der Waals surface area contributed by atoms with Crippen molar-refractivity contribution in [2.45, 2.75) is 32.8 Å². The second-order valence-electron chi connectivity index (χ2n) is 6.81. The van der Waals surface area contributed by atoms with Gasteiger partial charge in [0.1, 0.15) is 23.2 Å². The molecular weight excluding hydrogens is 386 g/mol. The van der Waals surface area contributed by atoms with Crippen LogP contribution in [-0.2, 0) is 6.61 Å². The number of halogens is 2. The molecule has 2 aromatic rings. The number of anilines is 1. The van der Waals surface area contributed by atoms with Crippen LogP contribution in [0.5, 0.6) is 5.88 Å². The molecule has 6 nitrogen and oxygen atoms in total. The molecule has 1 fully saturated rings. The van der Waals surface area contributed by atoms with E-state index in [2.05, 4.69) is 19.9 Å². The molecular formula is C19H24F2N4O2S. The zero-order valence-electron chi connectivity index (χ0n) is 15.8. The van der Waals surface area contributed by atoms with Crippen molar-refractivity contribution in [3.8, 4) is 5.88 Å². The number of nitrogens with one attached hydrogen (secondary N) is 2. The van der Waals surface area contributed by atoms with Crippen molar-refractivity contribution < 1.29 is 18.3 Å². The van der Waals surface area contributed by atoms with Crippen LogP contribution in [0.15, 0.2) is 18.2 Å². The fraction of sp³-hybridized carbons (Fsp3) is 0.474. The number of hydrogen-bond donors (Lipinski definition) is 2. The van der Waals surface area contributed by atoms with Crippen LogP contribution in [-0.4, -0.2) is 41.5 Å². The van der Waals surface area contributed by atoms with Crippen LogP contribution >= 0.6 is 11.5 Å². The van der Waals surface area contributed by atoms with Gasteiger partial charge in [-0.25, -0.2) is 13.6 Å². The summed E-state index contributed by atoms with van der Waals surface area (Å²) in [6.45, 7) is 5.22. The lowest BCUT2D eigenvalue weighted by Crippen LogP contribution is -2.31. The Labute approximate surface area is 167 Å². The van der Waals surface area contributed by atoms with Crippen molar-refractivity contribution in [2.75, 3.05) is 31.5 Å². The van der Waals surface area contributed by atoms with Crippen molar-refractivity contribution in [3.05, 3.63) is 41.0 Å². The van der Waals surface area contributed by atoms with E-state index in [1.54, 1.807) is 6.92 Å². The van der Waals surface area contributed by atoms with Gasteiger partial charge in [0, 0.05) is 12.6 Å². The lowest BCUT2D eigenvalue weighted by atomic mass is 10.1. The van der Waals surface area contributed by atoms with E-state index in [1.165, 1.54) is 31.0 Å². The maximum atomic E-state index is 13.8. The lowest BCUT2D eigenvalue weighted by molar-refractivity contribution is 0.251. The molecule has 3 rings (SSSR count). The molecule has 0 atom stereocenters. The first-order valence-corrected chi connectivity index (χ1v) is 10.1. The summed E-state index contributed by atoms with van der Waals surface area (Å²) >= 11 is 1.04. The minimum atomic E-state index is -0.653. The first kappa shape index (κ1) is 20.5. The molecule has 1 aromatic heterocycles. The third-order valence-electron chi connectivity index (χ3n) is 4.51. The van der Waals surface area contributed by atoms with Crippen LogP contribution in [0, 0.1) is 18.6 Å². The number of aryl methyl sites for hydroxylation is 1. The molecule has 152 valence electrons. The summed E-state index contributed by atoms with van der Waals surface area (Å²) in [5.74, 6) is -1.10. The van der Waals surface area contributed by atoms with Crippen molar-refractivity contribution in [1.29, 1.82) is 0 Å². The Morgan fingerprint density at radius 3 is 2.68 bits per heavy atom. The smallest absolute Gasteiger partial charge is 0.319 e. The molecule has 0 spiro atoms. The average molecular weight is 410 g/mol. The molecule has 0 radical (unpaired) electrons. The SMILES string of the molecule is Cc1cc(F)c(COc2cc(NC(=O)NCCCN3CCCC3)sn2)c(F)c1. The van der Waals surface area contributed by atoms with Gasteiger partial charge in [-0.15, -0.1) is 0 Å². The highest BCUT2D eigenvalue weighted by atomic mass is 32.1. The predicted octanol–water partition coefficient (Wildman–Crippen LogP) is 3.92. The summed E-state index contributed by atoms with van der Waals surface area (Å²) in [7, 11) is 0. The van der Waals surface area contributed by atoms with E-state index in [1.807, 2.05) is 0 Å². The highest BCUT2D eigenvalue weighted by molar-refractivity contribution is 7.10. The second kappa shape index (κ2) is 9.79. The highest BCUT2D eigenvalue weighted by Gasteiger charge is 2.13. The zero-order chi connectivity index (χ0) is 19.9. The van der Waals surface area contributed by atoms with E-state index in [0.29, 0.717) is 17.1 Å². The molecule has 2 N–H and O–H groups in total. The number of ether oxygens (including phenoxy) is 1. The first-order chi connectivity index (χ1) is 13.5. The Hall–Kier alpha value is -2.26. The van der Waals surface area contributed by atoms with Crippen LogP contribution in [0.25, 0.3) is 0 Å². The molecule has 2 amide bonds. The second-order valence-corrected chi connectivity index (χ2v) is 7.61. The fourth-order valence-corrected chi connectivity index (χ4v) is 3.65. The summed E-state index contributed by atoms with van der Waals surface area (Å²) in [6, 6.07) is 3.72. The number of benzene rings is 1. The van der Waals surface area contributed by atoms with E-state index < -0.39 is 11.6 Å². The number of likely N-dealkylation sites (tertiary alicyclic amines) is 1. The normalized spacial score (nSPS) is 14.2. The number of carbonyl (C=O) groups is 1. The van der Waals surface area contributed by atoms with Gasteiger partial charge in [-0.2, -0.15) is 4.37 Å². The molecule has 1 aliphatic rings. The van der Waals surface area contributed by atoms with Crippen LogP contribution in [0.1, 0.15) is 30.4 Å². The quantitative estimate of drug-likeness (QED) is 0.648. The number of rotatable bonds is 8. The number of amides is 2. The van der Waals surface area contributed by atoms with Crippen LogP contribution < -0.4 is 15.4 Å². The molecule has 0 aliphatic carbocycles. The van der Waals surface area contributed by atoms with E-state index >= 15 is 0 Å². The Morgan fingerprint density at radius 2 is 1.96 bits per heavy atom. The van der Waals surface area contributed by atoms with Gasteiger partial charge < -0.3 is 15.0 Å². The number of nitrogens with zero attached hydrogens (tertiary/aromatic N) is 2. The van der Waals surface area contributed by atoms with Gasteiger partial charge in [0.25, 0.3) is 0 Å². The molecule has 1 aliphatic heterocycles. The molecule has 28 heavy (non-hydrogen) atoms. The third kappa shape index (κ3) is 5.87. The summed E-state index contributed by atoms with van der Waals surface area (Å²) in [5, 5.41) is 5.99. The average Bonchev–Trinajstić information content (AvgIpc) is 3.30. The summed E-state index contributed by atoms with van der Waals surface area (Å²) in [6.07, 6.45) is 3.41. The van der Waals surface area contributed by atoms with Gasteiger partial charge in [-0.3, -0.25) is 5.32 Å². The Morgan fingerprint density at radius 1 is 1.25 bits per heavy atom. The molecule has 2 heterocycles. The third-order valence-corrected chi connectivity index (χ3v) is 5.20. The van der Waals surface area contributed by atoms with Gasteiger partial charge in [0.05, 0.1) is 5.56 Å². The van der Waals surface area contributed by atoms with E-state index in [9.17, 15) is 13.6 Å². The highest BCUT2D eigenvalue weighted by Crippen LogP contribution is 2.24. The van der Waals surface area contributed by atoms with Crippen molar-refractivity contribution >= 4 is 22.6 Å². The summed E-state index contributed by atoms with van der Waals surface area (Å²) < 4.78 is 37.1.